The van der Waals surface area contributed by atoms with Crippen LogP contribution in [0.5, 0.6) is 0 Å². The molecule has 2 N–H and O–H groups in total. The second kappa shape index (κ2) is 9.58. The van der Waals surface area contributed by atoms with Crippen LogP contribution < -0.4 is 10.6 Å². The minimum atomic E-state index is -0.164. The molecule has 0 fully saturated rings. The Morgan fingerprint density at radius 2 is 2.00 bits per heavy atom. The summed E-state index contributed by atoms with van der Waals surface area (Å²) in [5.74, 6) is -0.164. The summed E-state index contributed by atoms with van der Waals surface area (Å²) in [5.41, 5.74) is 2.93. The van der Waals surface area contributed by atoms with Crippen LogP contribution in [0.1, 0.15) is 27.6 Å². The molecule has 26 heavy (non-hydrogen) atoms. The first kappa shape index (κ1) is 19.5. The number of carbonyl (C=O) groups is 2. The monoisotopic (exact) mass is 367 g/mol. The van der Waals surface area contributed by atoms with Crippen LogP contribution in [0.4, 0.5) is 5.69 Å². The minimum Gasteiger partial charge on any atom is -0.387 e. The molecule has 6 heteroatoms. The van der Waals surface area contributed by atoms with E-state index in [1.165, 1.54) is 11.8 Å². The van der Waals surface area contributed by atoms with Crippen molar-refractivity contribution in [2.45, 2.75) is 16.7 Å². The summed E-state index contributed by atoms with van der Waals surface area (Å²) in [6, 6.07) is 12.9. The summed E-state index contributed by atoms with van der Waals surface area (Å²) >= 11 is 1.48. The van der Waals surface area contributed by atoms with Crippen molar-refractivity contribution in [3.05, 3.63) is 65.4 Å². The predicted octanol–water partition coefficient (Wildman–Crippen LogP) is 4.03. The van der Waals surface area contributed by atoms with Gasteiger partial charge in [-0.3, -0.25) is 14.6 Å². The molecule has 2 rings (SSSR count). The lowest BCUT2D eigenvalue weighted by Crippen LogP contribution is -2.25. The van der Waals surface area contributed by atoms with E-state index in [0.29, 0.717) is 17.7 Å². The number of nitrogens with one attached hydrogen (secondary N) is 2. The molecule has 0 spiro atoms. The minimum absolute atomic E-state index is 0.164. The van der Waals surface area contributed by atoms with E-state index < -0.39 is 0 Å². The molecule has 0 heterocycles. The molecule has 0 saturated heterocycles. The van der Waals surface area contributed by atoms with Gasteiger partial charge in [-0.25, -0.2) is 0 Å². The third-order valence-corrected chi connectivity index (χ3v) is 4.78. The first-order valence-electron chi connectivity index (χ1n) is 8.02. The number of aliphatic imine (C=N–C) groups is 1. The van der Waals surface area contributed by atoms with Gasteiger partial charge < -0.3 is 10.6 Å². The number of anilines is 1. The molecule has 0 saturated carbocycles. The van der Waals surface area contributed by atoms with E-state index in [0.717, 1.165) is 27.3 Å². The summed E-state index contributed by atoms with van der Waals surface area (Å²) in [6.07, 6.45) is 2.46. The summed E-state index contributed by atoms with van der Waals surface area (Å²) in [5, 5.41) is 5.96. The van der Waals surface area contributed by atoms with Gasteiger partial charge in [0.2, 0.25) is 0 Å². The quantitative estimate of drug-likeness (QED) is 0.546. The van der Waals surface area contributed by atoms with Crippen LogP contribution in [-0.2, 0) is 0 Å². The zero-order chi connectivity index (χ0) is 18.9. The lowest BCUT2D eigenvalue weighted by Gasteiger charge is -2.12. The number of amides is 1. The summed E-state index contributed by atoms with van der Waals surface area (Å²) < 4.78 is 0. The average Bonchev–Trinajstić information content (AvgIpc) is 2.67. The van der Waals surface area contributed by atoms with Gasteiger partial charge in [0.15, 0.2) is 6.29 Å². The molecule has 2 aromatic carbocycles. The number of benzene rings is 2. The van der Waals surface area contributed by atoms with Gasteiger partial charge in [-0.05, 0) is 43.5 Å². The fourth-order valence-electron chi connectivity index (χ4n) is 2.27. The van der Waals surface area contributed by atoms with Gasteiger partial charge in [0.25, 0.3) is 5.91 Å². The molecule has 0 aromatic heterocycles. The van der Waals surface area contributed by atoms with Crippen molar-refractivity contribution < 1.29 is 9.59 Å². The van der Waals surface area contributed by atoms with Crippen LogP contribution in [0.3, 0.4) is 0 Å². The molecule has 0 bridgehead atoms. The Bertz CT molecular complexity index is 847. The van der Waals surface area contributed by atoms with Crippen molar-refractivity contribution in [3.63, 3.8) is 0 Å². The lowest BCUT2D eigenvalue weighted by molar-refractivity contribution is 0.0956. The van der Waals surface area contributed by atoms with Crippen LogP contribution in [0, 0.1) is 0 Å². The first-order valence-corrected chi connectivity index (χ1v) is 8.84. The number of hydrogen-bond acceptors (Lipinski definition) is 5. The van der Waals surface area contributed by atoms with Gasteiger partial charge in [0, 0.05) is 46.4 Å². The maximum absolute atomic E-state index is 12.3. The Kier molecular flexibility index (Phi) is 7.17. The zero-order valence-corrected chi connectivity index (χ0v) is 15.6. The fourth-order valence-corrected chi connectivity index (χ4v) is 3.29. The highest BCUT2D eigenvalue weighted by atomic mass is 32.2. The Balaban J connectivity index is 2.19. The van der Waals surface area contributed by atoms with Gasteiger partial charge in [-0.15, -0.1) is 0 Å². The zero-order valence-electron chi connectivity index (χ0n) is 14.8. The van der Waals surface area contributed by atoms with Gasteiger partial charge in [-0.1, -0.05) is 30.0 Å². The van der Waals surface area contributed by atoms with Crippen LogP contribution in [0.2, 0.25) is 0 Å². The lowest BCUT2D eigenvalue weighted by atomic mass is 10.2. The van der Waals surface area contributed by atoms with E-state index in [1.54, 1.807) is 31.4 Å². The molecule has 0 radical (unpaired) electrons. The molecule has 0 atom stereocenters. The molecule has 2 aromatic rings. The number of hydrogen-bond donors (Lipinski definition) is 2. The Hall–Kier alpha value is -2.86. The van der Waals surface area contributed by atoms with Gasteiger partial charge in [0.1, 0.15) is 0 Å². The van der Waals surface area contributed by atoms with Crippen molar-refractivity contribution >= 4 is 36.4 Å². The summed E-state index contributed by atoms with van der Waals surface area (Å²) in [6.45, 7) is 5.68. The Morgan fingerprint density at radius 3 is 2.69 bits per heavy atom. The summed E-state index contributed by atoms with van der Waals surface area (Å²) in [4.78, 5) is 29.0. The summed E-state index contributed by atoms with van der Waals surface area (Å²) in [7, 11) is 1.80. The predicted molar refractivity (Wildman–Crippen MR) is 108 cm³/mol. The standard InChI is InChI=1S/C20H21N3O2S/c1-14(11-21-2)12-23-20(25)15-8-9-19(17(10-15)22-3)26-18-7-5-4-6-16(18)13-24/h4-11,13,22H,2,12H2,1,3H3,(H,23,25)/b14-11+. The molecule has 0 aliphatic carbocycles. The normalized spacial score (nSPS) is 10.9. The number of aldehydes is 1. The second-order valence-electron chi connectivity index (χ2n) is 5.56. The molecular formula is C20H21N3O2S. The highest BCUT2D eigenvalue weighted by Crippen LogP contribution is 2.35. The van der Waals surface area contributed by atoms with E-state index in [9.17, 15) is 9.59 Å². The SMILES string of the molecule is C=N/C=C(\C)CNC(=O)c1ccc(Sc2ccccc2C=O)c(NC)c1. The highest BCUT2D eigenvalue weighted by Gasteiger charge is 2.11. The Morgan fingerprint density at radius 1 is 1.23 bits per heavy atom. The molecule has 134 valence electrons. The molecule has 0 aliphatic heterocycles. The smallest absolute Gasteiger partial charge is 0.251 e. The van der Waals surface area contributed by atoms with Gasteiger partial charge in [0.05, 0.1) is 0 Å². The van der Waals surface area contributed by atoms with Crippen molar-refractivity contribution in [2.75, 3.05) is 18.9 Å². The Labute approximate surface area is 157 Å². The number of carbonyl (C=O) groups excluding carboxylic acids is 2. The third-order valence-electron chi connectivity index (χ3n) is 3.62. The maximum atomic E-state index is 12.3. The highest BCUT2D eigenvalue weighted by molar-refractivity contribution is 7.99. The van der Waals surface area contributed by atoms with E-state index in [-0.39, 0.29) is 5.91 Å². The molecule has 0 unspecified atom stereocenters. The fraction of sp³-hybridized carbons (Fsp3) is 0.150. The topological polar surface area (TPSA) is 70.6 Å². The van der Waals surface area contributed by atoms with E-state index in [4.69, 9.17) is 0 Å². The number of rotatable bonds is 8. The first-order chi connectivity index (χ1) is 12.6. The van der Waals surface area contributed by atoms with Crippen molar-refractivity contribution in [1.29, 1.82) is 0 Å². The van der Waals surface area contributed by atoms with Crippen LogP contribution in [0.25, 0.3) is 0 Å². The maximum Gasteiger partial charge on any atom is 0.251 e. The molecule has 1 amide bonds. The van der Waals surface area contributed by atoms with Crippen LogP contribution >= 0.6 is 11.8 Å². The van der Waals surface area contributed by atoms with Crippen LogP contribution in [-0.4, -0.2) is 32.5 Å². The van der Waals surface area contributed by atoms with E-state index >= 15 is 0 Å². The van der Waals surface area contributed by atoms with E-state index in [2.05, 4.69) is 22.3 Å². The molecular weight excluding hydrogens is 346 g/mol. The molecule has 0 aliphatic rings. The van der Waals surface area contributed by atoms with E-state index in [1.807, 2.05) is 31.2 Å². The second-order valence-corrected chi connectivity index (χ2v) is 6.64. The van der Waals surface area contributed by atoms with Crippen molar-refractivity contribution in [1.82, 2.24) is 5.32 Å². The average molecular weight is 367 g/mol. The van der Waals surface area contributed by atoms with Crippen molar-refractivity contribution in [3.8, 4) is 0 Å². The van der Waals surface area contributed by atoms with Gasteiger partial charge in [-0.2, -0.15) is 0 Å². The number of nitrogens with zero attached hydrogens (tertiary/aromatic N) is 1. The largest absolute Gasteiger partial charge is 0.387 e. The third kappa shape index (κ3) is 5.07. The molecule has 5 nitrogen and oxygen atoms in total. The van der Waals surface area contributed by atoms with Gasteiger partial charge >= 0.3 is 0 Å². The van der Waals surface area contributed by atoms with Crippen LogP contribution in [0.15, 0.2) is 69.0 Å². The van der Waals surface area contributed by atoms with Crippen molar-refractivity contribution in [2.24, 2.45) is 4.99 Å².